The van der Waals surface area contributed by atoms with E-state index in [2.05, 4.69) is 46.1 Å². The molecule has 0 saturated carbocycles. The lowest BCUT2D eigenvalue weighted by Gasteiger charge is -2.27. The summed E-state index contributed by atoms with van der Waals surface area (Å²) in [5.41, 5.74) is 0.862. The number of amides is 4. The number of nitrogens with zero attached hydrogens (tertiary/aromatic N) is 6. The number of anilines is 1. The van der Waals surface area contributed by atoms with Crippen LogP contribution in [0.4, 0.5) is 5.13 Å². The van der Waals surface area contributed by atoms with E-state index < -0.39 is 29.9 Å². The minimum atomic E-state index is -0.934. The first kappa shape index (κ1) is 37.8. The summed E-state index contributed by atoms with van der Waals surface area (Å²) in [5, 5.41) is 17.2. The molecular weight excluding hydrogens is 673 g/mol. The minimum Gasteiger partial charge on any atom is -0.378 e. The quantitative estimate of drug-likeness (QED) is 0.291. The fourth-order valence-electron chi connectivity index (χ4n) is 6.11. The van der Waals surface area contributed by atoms with Crippen LogP contribution in [0, 0.1) is 12.8 Å². The number of aromatic nitrogens is 4. The molecule has 1 fully saturated rings. The Kier molecular flexibility index (Phi) is 13.5. The van der Waals surface area contributed by atoms with Gasteiger partial charge in [0.1, 0.15) is 24.5 Å². The fourth-order valence-corrected chi connectivity index (χ4v) is 7.11. The van der Waals surface area contributed by atoms with E-state index in [0.717, 1.165) is 28.7 Å². The van der Waals surface area contributed by atoms with Gasteiger partial charge < -0.3 is 30.9 Å². The van der Waals surface area contributed by atoms with Gasteiger partial charge in [-0.2, -0.15) is 5.10 Å². The number of carbonyl (C=O) groups is 4. The summed E-state index contributed by atoms with van der Waals surface area (Å²) in [7, 11) is 0. The van der Waals surface area contributed by atoms with Crippen LogP contribution in [-0.4, -0.2) is 106 Å². The number of nitrogens with one attached hydrogen (secondary N) is 4. The molecule has 2 aliphatic rings. The zero-order valence-corrected chi connectivity index (χ0v) is 30.7. The van der Waals surface area contributed by atoms with E-state index in [0.29, 0.717) is 57.5 Å². The summed E-state index contributed by atoms with van der Waals surface area (Å²) in [6.45, 7) is 12.3. The van der Waals surface area contributed by atoms with Crippen LogP contribution in [0.2, 0.25) is 0 Å². The van der Waals surface area contributed by atoms with Gasteiger partial charge in [-0.1, -0.05) is 44.2 Å². The van der Waals surface area contributed by atoms with Crippen LogP contribution in [0.15, 0.2) is 36.5 Å². The molecule has 15 nitrogen and oxygen atoms in total. The Morgan fingerprint density at radius 3 is 2.47 bits per heavy atom. The van der Waals surface area contributed by atoms with Gasteiger partial charge in [0, 0.05) is 56.6 Å². The monoisotopic (exact) mass is 722 g/mol. The molecule has 0 aliphatic carbocycles. The molecule has 16 heteroatoms. The summed E-state index contributed by atoms with van der Waals surface area (Å²) in [5.74, 6) is -0.559. The standard InChI is InChI=1S/C35H50N10O5S/c1-23(2)31-32-39-25(4)42-45(32)22-30(47)36-12-14-43(21-27-20-37-35(51-27)44-15-17-50-18-16-44)13-8-11-29(46)38-24(3)33(48)40-28(34(49)41-31)19-26-9-6-5-7-10-26/h5-7,9-10,20,23-24,28,31H,8,11-19,21-22H2,1-4H3,(H,36,47)(H,38,46)(H,40,48)(H,41,49)/t24-,28+,31-/m0/s1. The predicted octanol–water partition coefficient (Wildman–Crippen LogP) is 1.34. The minimum absolute atomic E-state index is 0.0745. The van der Waals surface area contributed by atoms with Crippen molar-refractivity contribution in [3.63, 3.8) is 0 Å². The fraction of sp³-hybridized carbons (Fsp3) is 0.571. The number of benzene rings is 1. The number of morpholine rings is 1. The van der Waals surface area contributed by atoms with Crippen LogP contribution in [0.3, 0.4) is 0 Å². The Balaban J connectivity index is 1.35. The van der Waals surface area contributed by atoms with Crippen LogP contribution in [0.5, 0.6) is 0 Å². The van der Waals surface area contributed by atoms with E-state index in [1.54, 1.807) is 29.9 Å². The molecule has 2 aromatic heterocycles. The zero-order valence-electron chi connectivity index (χ0n) is 29.9. The van der Waals surface area contributed by atoms with E-state index in [4.69, 9.17) is 4.74 Å². The lowest BCUT2D eigenvalue weighted by Crippen LogP contribution is -2.54. The highest BCUT2D eigenvalue weighted by atomic mass is 32.1. The molecule has 4 N–H and O–H groups in total. The molecule has 0 radical (unpaired) electrons. The average Bonchev–Trinajstić information content (AvgIpc) is 3.72. The third-order valence-electron chi connectivity index (χ3n) is 8.86. The average molecular weight is 723 g/mol. The molecule has 2 aliphatic heterocycles. The molecule has 3 aromatic rings. The molecule has 5 rings (SSSR count). The predicted molar refractivity (Wildman–Crippen MR) is 193 cm³/mol. The Labute approximate surface area is 302 Å². The number of rotatable bonds is 6. The third kappa shape index (κ3) is 11.0. The van der Waals surface area contributed by atoms with Crippen molar-refractivity contribution in [3.05, 3.63) is 58.6 Å². The van der Waals surface area contributed by atoms with Gasteiger partial charge in [0.2, 0.25) is 23.6 Å². The van der Waals surface area contributed by atoms with Crippen molar-refractivity contribution < 1.29 is 23.9 Å². The van der Waals surface area contributed by atoms with E-state index in [1.165, 1.54) is 0 Å². The lowest BCUT2D eigenvalue weighted by atomic mass is 10.0. The molecule has 0 unspecified atom stereocenters. The number of fused-ring (bicyclic) bond motifs is 1. The summed E-state index contributed by atoms with van der Waals surface area (Å²) in [4.78, 5) is 68.3. The van der Waals surface area contributed by atoms with Crippen LogP contribution in [0.25, 0.3) is 0 Å². The molecular formula is C35H50N10O5S. The molecule has 3 atom stereocenters. The molecule has 4 heterocycles. The highest BCUT2D eigenvalue weighted by Gasteiger charge is 2.31. The van der Waals surface area contributed by atoms with Crippen molar-refractivity contribution in [3.8, 4) is 0 Å². The maximum atomic E-state index is 13.9. The first-order valence-electron chi connectivity index (χ1n) is 17.7. The molecule has 276 valence electrons. The number of ether oxygens (including phenoxy) is 1. The zero-order chi connectivity index (χ0) is 36.3. The van der Waals surface area contributed by atoms with Gasteiger partial charge in [0.05, 0.1) is 19.3 Å². The number of aryl methyl sites for hydroxylation is 1. The summed E-state index contributed by atoms with van der Waals surface area (Å²) >= 11 is 1.64. The van der Waals surface area contributed by atoms with Gasteiger partial charge in [-0.15, -0.1) is 11.3 Å². The second kappa shape index (κ2) is 18.2. The van der Waals surface area contributed by atoms with Crippen LogP contribution in [0.1, 0.15) is 61.7 Å². The van der Waals surface area contributed by atoms with E-state index >= 15 is 0 Å². The summed E-state index contributed by atoms with van der Waals surface area (Å²) in [6.07, 6.45) is 2.88. The largest absolute Gasteiger partial charge is 0.378 e. The lowest BCUT2D eigenvalue weighted by molar-refractivity contribution is -0.132. The molecule has 1 aromatic carbocycles. The molecule has 51 heavy (non-hydrogen) atoms. The normalized spacial score (nSPS) is 22.5. The first-order valence-corrected chi connectivity index (χ1v) is 18.5. The summed E-state index contributed by atoms with van der Waals surface area (Å²) < 4.78 is 7.02. The molecule has 1 saturated heterocycles. The Bertz CT molecular complexity index is 1620. The van der Waals surface area contributed by atoms with Crippen LogP contribution >= 0.6 is 11.3 Å². The van der Waals surface area contributed by atoms with E-state index in [1.807, 2.05) is 50.4 Å². The number of hydrogen-bond acceptors (Lipinski definition) is 11. The van der Waals surface area contributed by atoms with Crippen molar-refractivity contribution in [2.75, 3.05) is 50.8 Å². The van der Waals surface area contributed by atoms with Gasteiger partial charge in [-0.05, 0) is 38.3 Å². The van der Waals surface area contributed by atoms with Crippen molar-refractivity contribution in [1.29, 1.82) is 0 Å². The highest BCUT2D eigenvalue weighted by molar-refractivity contribution is 7.15. The van der Waals surface area contributed by atoms with Crippen molar-refractivity contribution in [1.82, 2.24) is 45.9 Å². The van der Waals surface area contributed by atoms with Gasteiger partial charge >= 0.3 is 0 Å². The third-order valence-corrected chi connectivity index (χ3v) is 9.90. The Morgan fingerprint density at radius 2 is 1.73 bits per heavy atom. The van der Waals surface area contributed by atoms with Crippen LogP contribution < -0.4 is 26.2 Å². The van der Waals surface area contributed by atoms with Crippen LogP contribution in [-0.2, 0) is 43.4 Å². The number of thiazole rings is 1. The Morgan fingerprint density at radius 1 is 0.961 bits per heavy atom. The highest BCUT2D eigenvalue weighted by Crippen LogP contribution is 2.25. The van der Waals surface area contributed by atoms with E-state index in [9.17, 15) is 19.2 Å². The SMILES string of the molecule is Cc1nc2n(n1)CC(=O)NCCN(Cc1cnc(N3CCOCC3)s1)CCCC(=O)N[C@@H](C)C(=O)N[C@H](Cc1ccccc1)C(=O)N[C@H]2C(C)C. The van der Waals surface area contributed by atoms with Crippen molar-refractivity contribution in [2.24, 2.45) is 5.92 Å². The number of carbonyl (C=O) groups excluding carboxylic acids is 4. The maximum Gasteiger partial charge on any atom is 0.243 e. The first-order chi connectivity index (χ1) is 24.5. The van der Waals surface area contributed by atoms with Crippen molar-refractivity contribution in [2.45, 2.75) is 78.2 Å². The molecule has 0 spiro atoms. The maximum absolute atomic E-state index is 13.9. The smallest absolute Gasteiger partial charge is 0.243 e. The van der Waals surface area contributed by atoms with Crippen molar-refractivity contribution >= 4 is 40.1 Å². The van der Waals surface area contributed by atoms with Gasteiger partial charge in [-0.25, -0.2) is 14.6 Å². The second-order valence-corrected chi connectivity index (χ2v) is 14.5. The molecule has 0 bridgehead atoms. The molecule has 4 amide bonds. The van der Waals surface area contributed by atoms with Gasteiger partial charge in [-0.3, -0.25) is 24.1 Å². The van der Waals surface area contributed by atoms with E-state index in [-0.39, 0.29) is 37.1 Å². The van der Waals surface area contributed by atoms with Gasteiger partial charge in [0.25, 0.3) is 0 Å². The topological polar surface area (TPSA) is 176 Å². The summed E-state index contributed by atoms with van der Waals surface area (Å²) in [6, 6.07) is 7.02. The van der Waals surface area contributed by atoms with Gasteiger partial charge in [0.15, 0.2) is 11.0 Å². The number of hydrogen-bond donors (Lipinski definition) is 4. The second-order valence-electron chi connectivity index (χ2n) is 13.4. The Hall–Kier alpha value is -4.41.